The van der Waals surface area contributed by atoms with Crippen LogP contribution in [0.2, 0.25) is 0 Å². The Labute approximate surface area is 112 Å². The van der Waals surface area contributed by atoms with Gasteiger partial charge >= 0.3 is 5.97 Å². The molecule has 96 valence electrons. The highest BCUT2D eigenvalue weighted by molar-refractivity contribution is 7.10. The number of aromatic carboxylic acids is 1. The minimum atomic E-state index is -1.12. The molecule has 0 fully saturated rings. The van der Waals surface area contributed by atoms with Crippen LogP contribution in [0.25, 0.3) is 0 Å². The van der Waals surface area contributed by atoms with Crippen molar-refractivity contribution in [2.24, 2.45) is 0 Å². The molecule has 0 aliphatic heterocycles. The number of halogens is 1. The number of hydrogen-bond acceptors (Lipinski definition) is 5. The number of nitriles is 1. The summed E-state index contributed by atoms with van der Waals surface area (Å²) < 4.78 is 17.6. The molecule has 0 amide bonds. The van der Waals surface area contributed by atoms with Gasteiger partial charge in [0.15, 0.2) is 0 Å². The zero-order valence-corrected chi connectivity index (χ0v) is 10.6. The molecule has 2 N–H and O–H groups in total. The SMILES string of the molecule is Cc1nsc(Nc2ccc(C#N)cc2F)c1C(=O)O. The Balaban J connectivity index is 2.37. The fraction of sp³-hybridized carbons (Fsp3) is 0.0833. The molecule has 1 aromatic carbocycles. The van der Waals surface area contributed by atoms with Crippen LogP contribution in [0.4, 0.5) is 15.1 Å². The molecule has 19 heavy (non-hydrogen) atoms. The standard InChI is InChI=1S/C12H8FN3O2S/c1-6-10(12(17)18)11(19-16-6)15-9-3-2-7(5-14)4-8(9)13/h2-4,15H,1H3,(H,17,18). The second-order valence-corrected chi connectivity index (χ2v) is 4.48. The molecule has 5 nitrogen and oxygen atoms in total. The molecule has 0 unspecified atom stereocenters. The number of aryl methyl sites for hydroxylation is 1. The topological polar surface area (TPSA) is 86.0 Å². The fourth-order valence-electron chi connectivity index (χ4n) is 1.52. The van der Waals surface area contributed by atoms with Gasteiger partial charge in [0.25, 0.3) is 0 Å². The Kier molecular flexibility index (Phi) is 3.44. The Morgan fingerprint density at radius 2 is 2.32 bits per heavy atom. The first-order valence-electron chi connectivity index (χ1n) is 5.19. The molecular weight excluding hydrogens is 269 g/mol. The van der Waals surface area contributed by atoms with E-state index in [0.717, 1.165) is 17.6 Å². The van der Waals surface area contributed by atoms with Crippen molar-refractivity contribution in [1.82, 2.24) is 4.37 Å². The molecule has 0 bridgehead atoms. The van der Waals surface area contributed by atoms with Gasteiger partial charge in [-0.25, -0.2) is 9.18 Å². The summed E-state index contributed by atoms with van der Waals surface area (Å²) in [6, 6.07) is 5.73. The Hall–Kier alpha value is -2.46. The first kappa shape index (κ1) is 13.0. The first-order valence-corrected chi connectivity index (χ1v) is 5.96. The van der Waals surface area contributed by atoms with E-state index in [1.54, 1.807) is 6.92 Å². The second-order valence-electron chi connectivity index (χ2n) is 3.71. The predicted octanol–water partition coefficient (Wildman–Crippen LogP) is 2.90. The van der Waals surface area contributed by atoms with Crippen LogP contribution in [-0.4, -0.2) is 15.4 Å². The molecule has 2 rings (SSSR count). The summed E-state index contributed by atoms with van der Waals surface area (Å²) >= 11 is 0.944. The monoisotopic (exact) mass is 277 g/mol. The normalized spacial score (nSPS) is 9.95. The fourth-order valence-corrected chi connectivity index (χ4v) is 2.32. The Morgan fingerprint density at radius 1 is 1.58 bits per heavy atom. The average Bonchev–Trinajstić information content (AvgIpc) is 2.73. The molecule has 0 aliphatic rings. The maximum atomic E-state index is 13.7. The quantitative estimate of drug-likeness (QED) is 0.900. The first-order chi connectivity index (χ1) is 9.02. The molecule has 1 heterocycles. The number of benzene rings is 1. The van der Waals surface area contributed by atoms with E-state index in [1.807, 2.05) is 6.07 Å². The van der Waals surface area contributed by atoms with Crippen LogP contribution in [0, 0.1) is 24.1 Å². The van der Waals surface area contributed by atoms with E-state index in [4.69, 9.17) is 10.4 Å². The molecule has 7 heteroatoms. The van der Waals surface area contributed by atoms with Gasteiger partial charge in [-0.05, 0) is 36.7 Å². The van der Waals surface area contributed by atoms with Crippen LogP contribution < -0.4 is 5.32 Å². The third kappa shape index (κ3) is 2.53. The number of carbonyl (C=O) groups is 1. The van der Waals surface area contributed by atoms with Crippen molar-refractivity contribution in [3.63, 3.8) is 0 Å². The summed E-state index contributed by atoms with van der Waals surface area (Å²) in [5.41, 5.74) is 0.690. The molecule has 0 radical (unpaired) electrons. The van der Waals surface area contributed by atoms with E-state index in [0.29, 0.717) is 5.69 Å². The number of nitrogens with zero attached hydrogens (tertiary/aromatic N) is 2. The number of hydrogen-bond donors (Lipinski definition) is 2. The van der Waals surface area contributed by atoms with Gasteiger partial charge in [0.1, 0.15) is 16.4 Å². The average molecular weight is 277 g/mol. The van der Waals surface area contributed by atoms with E-state index in [1.165, 1.54) is 12.1 Å². The van der Waals surface area contributed by atoms with Gasteiger partial charge in [-0.3, -0.25) is 0 Å². The van der Waals surface area contributed by atoms with Crippen LogP contribution in [-0.2, 0) is 0 Å². The van der Waals surface area contributed by atoms with Gasteiger partial charge in [-0.2, -0.15) is 9.64 Å². The lowest BCUT2D eigenvalue weighted by Gasteiger charge is -2.06. The largest absolute Gasteiger partial charge is 0.478 e. The van der Waals surface area contributed by atoms with Crippen LogP contribution in [0.15, 0.2) is 18.2 Å². The summed E-state index contributed by atoms with van der Waals surface area (Å²) in [4.78, 5) is 11.1. The van der Waals surface area contributed by atoms with Gasteiger partial charge < -0.3 is 10.4 Å². The zero-order chi connectivity index (χ0) is 14.0. The minimum Gasteiger partial charge on any atom is -0.478 e. The smallest absolute Gasteiger partial charge is 0.340 e. The van der Waals surface area contributed by atoms with Crippen LogP contribution in [0.5, 0.6) is 0 Å². The molecule has 2 aromatic rings. The molecule has 0 atom stereocenters. The molecule has 0 saturated carbocycles. The van der Waals surface area contributed by atoms with Crippen molar-refractivity contribution >= 4 is 28.2 Å². The van der Waals surface area contributed by atoms with Crippen LogP contribution in [0.3, 0.4) is 0 Å². The van der Waals surface area contributed by atoms with Gasteiger partial charge in [0.05, 0.1) is 23.0 Å². The van der Waals surface area contributed by atoms with E-state index in [2.05, 4.69) is 9.69 Å². The van der Waals surface area contributed by atoms with E-state index in [-0.39, 0.29) is 21.8 Å². The van der Waals surface area contributed by atoms with Gasteiger partial charge in [-0.15, -0.1) is 0 Å². The minimum absolute atomic E-state index is 0.0220. The van der Waals surface area contributed by atoms with Crippen LogP contribution in [0.1, 0.15) is 21.6 Å². The van der Waals surface area contributed by atoms with Crippen molar-refractivity contribution in [2.45, 2.75) is 6.92 Å². The highest BCUT2D eigenvalue weighted by Crippen LogP contribution is 2.29. The number of anilines is 2. The summed E-state index contributed by atoms with van der Waals surface area (Å²) in [5, 5.41) is 20.6. The number of aromatic nitrogens is 1. The molecule has 0 aliphatic carbocycles. The van der Waals surface area contributed by atoms with E-state index in [9.17, 15) is 9.18 Å². The summed E-state index contributed by atoms with van der Waals surface area (Å²) in [5.74, 6) is -1.75. The summed E-state index contributed by atoms with van der Waals surface area (Å²) in [6.07, 6.45) is 0. The van der Waals surface area contributed by atoms with E-state index >= 15 is 0 Å². The molecule has 1 aromatic heterocycles. The third-order valence-electron chi connectivity index (χ3n) is 2.42. The summed E-state index contributed by atoms with van der Waals surface area (Å²) in [6.45, 7) is 1.57. The van der Waals surface area contributed by atoms with Crippen LogP contribution >= 0.6 is 11.5 Å². The van der Waals surface area contributed by atoms with Gasteiger partial charge in [0, 0.05) is 0 Å². The molecular formula is C12H8FN3O2S. The third-order valence-corrected chi connectivity index (χ3v) is 3.28. The Morgan fingerprint density at radius 3 is 2.89 bits per heavy atom. The number of rotatable bonds is 3. The lowest BCUT2D eigenvalue weighted by molar-refractivity contribution is 0.0697. The second kappa shape index (κ2) is 5.04. The van der Waals surface area contributed by atoms with Crippen molar-refractivity contribution in [1.29, 1.82) is 5.26 Å². The van der Waals surface area contributed by atoms with Crippen molar-refractivity contribution in [3.05, 3.63) is 40.8 Å². The van der Waals surface area contributed by atoms with Gasteiger partial charge in [0.2, 0.25) is 0 Å². The lowest BCUT2D eigenvalue weighted by Crippen LogP contribution is -2.02. The number of nitrogens with one attached hydrogen (secondary N) is 1. The summed E-state index contributed by atoms with van der Waals surface area (Å²) in [7, 11) is 0. The van der Waals surface area contributed by atoms with E-state index < -0.39 is 11.8 Å². The van der Waals surface area contributed by atoms with Crippen molar-refractivity contribution < 1.29 is 14.3 Å². The Bertz CT molecular complexity index is 691. The zero-order valence-electron chi connectivity index (χ0n) is 9.77. The van der Waals surface area contributed by atoms with Crippen molar-refractivity contribution in [3.8, 4) is 6.07 Å². The highest BCUT2D eigenvalue weighted by Gasteiger charge is 2.18. The number of carboxylic acid groups (broad SMARTS) is 1. The number of carboxylic acids is 1. The molecule has 0 saturated heterocycles. The maximum absolute atomic E-state index is 13.7. The lowest BCUT2D eigenvalue weighted by atomic mass is 10.2. The van der Waals surface area contributed by atoms with Crippen molar-refractivity contribution in [2.75, 3.05) is 5.32 Å². The highest BCUT2D eigenvalue weighted by atomic mass is 32.1. The predicted molar refractivity (Wildman–Crippen MR) is 68.2 cm³/mol. The molecule has 0 spiro atoms. The maximum Gasteiger partial charge on any atom is 0.340 e. The van der Waals surface area contributed by atoms with Gasteiger partial charge in [-0.1, -0.05) is 0 Å².